The Hall–Kier alpha value is -3.61. The quantitative estimate of drug-likeness (QED) is 0.496. The Kier molecular flexibility index (Phi) is 6.84. The van der Waals surface area contributed by atoms with Crippen LogP contribution in [0.3, 0.4) is 0 Å². The molecule has 0 radical (unpaired) electrons. The van der Waals surface area contributed by atoms with Gasteiger partial charge in [0.1, 0.15) is 5.82 Å². The zero-order valence-corrected chi connectivity index (χ0v) is 18.0. The third-order valence-electron chi connectivity index (χ3n) is 5.12. The molecule has 0 spiro atoms. The van der Waals surface area contributed by atoms with E-state index < -0.39 is 0 Å². The zero-order valence-electron chi connectivity index (χ0n) is 18.0. The molecule has 3 aromatic rings. The SMILES string of the molecule is CCOc1ccccc1Oc1ccc(CNC(=O)N(Cc2ccc(F)cc2)C2CC2)cn1. The molecule has 1 saturated carbocycles. The monoisotopic (exact) mass is 435 g/mol. The molecule has 32 heavy (non-hydrogen) atoms. The molecule has 2 aromatic carbocycles. The fraction of sp³-hybridized carbons (Fsp3) is 0.280. The number of ether oxygens (including phenoxy) is 2. The van der Waals surface area contributed by atoms with Gasteiger partial charge in [0, 0.05) is 31.4 Å². The number of urea groups is 1. The highest BCUT2D eigenvalue weighted by atomic mass is 19.1. The summed E-state index contributed by atoms with van der Waals surface area (Å²) in [6, 6.07) is 17.4. The first-order valence-corrected chi connectivity index (χ1v) is 10.8. The maximum atomic E-state index is 13.2. The number of hydrogen-bond acceptors (Lipinski definition) is 4. The van der Waals surface area contributed by atoms with Gasteiger partial charge >= 0.3 is 6.03 Å². The van der Waals surface area contributed by atoms with Crippen molar-refractivity contribution in [3.8, 4) is 17.4 Å². The smallest absolute Gasteiger partial charge is 0.318 e. The third kappa shape index (κ3) is 5.75. The number of aromatic nitrogens is 1. The van der Waals surface area contributed by atoms with Gasteiger partial charge in [0.2, 0.25) is 5.88 Å². The Morgan fingerprint density at radius 2 is 1.78 bits per heavy atom. The molecular weight excluding hydrogens is 409 g/mol. The van der Waals surface area contributed by atoms with Crippen LogP contribution in [-0.2, 0) is 13.1 Å². The number of pyridine rings is 1. The second-order valence-corrected chi connectivity index (χ2v) is 7.63. The summed E-state index contributed by atoms with van der Waals surface area (Å²) >= 11 is 0. The molecule has 0 aliphatic heterocycles. The number of carbonyl (C=O) groups is 1. The van der Waals surface area contributed by atoms with Gasteiger partial charge in [-0.15, -0.1) is 0 Å². The van der Waals surface area contributed by atoms with Crippen molar-refractivity contribution in [1.82, 2.24) is 15.2 Å². The third-order valence-corrected chi connectivity index (χ3v) is 5.12. The highest BCUT2D eigenvalue weighted by Gasteiger charge is 2.32. The minimum Gasteiger partial charge on any atom is -0.490 e. The lowest BCUT2D eigenvalue weighted by atomic mass is 10.2. The standard InChI is InChI=1S/C25H26FN3O3/c1-2-31-22-5-3-4-6-23(22)32-24-14-9-19(15-27-24)16-28-25(30)29(21-12-13-21)17-18-7-10-20(26)11-8-18/h3-11,14-15,21H,2,12-13,16-17H2,1H3,(H,28,30). The van der Waals surface area contributed by atoms with Gasteiger partial charge in [-0.1, -0.05) is 30.3 Å². The maximum Gasteiger partial charge on any atom is 0.318 e. The minimum absolute atomic E-state index is 0.136. The van der Waals surface area contributed by atoms with Crippen LogP contribution in [0.1, 0.15) is 30.9 Å². The second-order valence-electron chi connectivity index (χ2n) is 7.63. The predicted molar refractivity (Wildman–Crippen MR) is 119 cm³/mol. The van der Waals surface area contributed by atoms with Crippen LogP contribution in [0.4, 0.5) is 9.18 Å². The molecule has 0 saturated heterocycles. The molecule has 0 atom stereocenters. The van der Waals surface area contributed by atoms with Crippen molar-refractivity contribution in [2.24, 2.45) is 0 Å². The molecule has 1 aliphatic carbocycles. The summed E-state index contributed by atoms with van der Waals surface area (Å²) in [5, 5.41) is 2.96. The number of rotatable bonds is 9. The minimum atomic E-state index is -0.280. The molecule has 1 heterocycles. The van der Waals surface area contributed by atoms with Crippen molar-refractivity contribution in [3.05, 3.63) is 83.8 Å². The maximum absolute atomic E-state index is 13.2. The van der Waals surface area contributed by atoms with Gasteiger partial charge in [0.05, 0.1) is 6.61 Å². The van der Waals surface area contributed by atoms with Crippen LogP contribution in [-0.4, -0.2) is 28.6 Å². The highest BCUT2D eigenvalue weighted by Crippen LogP contribution is 2.30. The normalized spacial score (nSPS) is 12.8. The van der Waals surface area contributed by atoms with E-state index in [0.717, 1.165) is 24.0 Å². The fourth-order valence-corrected chi connectivity index (χ4v) is 3.32. The van der Waals surface area contributed by atoms with Crippen LogP contribution in [0.5, 0.6) is 17.4 Å². The van der Waals surface area contributed by atoms with E-state index in [2.05, 4.69) is 10.3 Å². The topological polar surface area (TPSA) is 63.7 Å². The number of nitrogens with zero attached hydrogens (tertiary/aromatic N) is 2. The van der Waals surface area contributed by atoms with E-state index in [9.17, 15) is 9.18 Å². The number of carbonyl (C=O) groups excluding carboxylic acids is 1. The van der Waals surface area contributed by atoms with Gasteiger partial charge in [-0.2, -0.15) is 0 Å². The number of halogens is 1. The number of nitrogens with one attached hydrogen (secondary N) is 1. The van der Waals surface area contributed by atoms with Crippen LogP contribution < -0.4 is 14.8 Å². The van der Waals surface area contributed by atoms with Crippen molar-refractivity contribution in [1.29, 1.82) is 0 Å². The van der Waals surface area contributed by atoms with Gasteiger partial charge in [0.15, 0.2) is 11.5 Å². The van der Waals surface area contributed by atoms with E-state index in [-0.39, 0.29) is 17.9 Å². The summed E-state index contributed by atoms with van der Waals surface area (Å²) in [7, 11) is 0. The first-order chi connectivity index (χ1) is 15.6. The van der Waals surface area contributed by atoms with Crippen LogP contribution in [0, 0.1) is 5.82 Å². The van der Waals surface area contributed by atoms with Crippen LogP contribution in [0.25, 0.3) is 0 Å². The van der Waals surface area contributed by atoms with Gasteiger partial charge < -0.3 is 19.7 Å². The van der Waals surface area contributed by atoms with Gasteiger partial charge in [-0.25, -0.2) is 14.2 Å². The predicted octanol–water partition coefficient (Wildman–Crippen LogP) is 5.29. The van der Waals surface area contributed by atoms with Gasteiger partial charge in [-0.3, -0.25) is 0 Å². The van der Waals surface area contributed by atoms with Crippen LogP contribution >= 0.6 is 0 Å². The molecule has 7 heteroatoms. The molecule has 1 aromatic heterocycles. The summed E-state index contributed by atoms with van der Waals surface area (Å²) in [5.74, 6) is 1.43. The van der Waals surface area contributed by atoms with Crippen molar-refractivity contribution >= 4 is 6.03 Å². The average molecular weight is 435 g/mol. The van der Waals surface area contributed by atoms with Gasteiger partial charge in [0.25, 0.3) is 0 Å². The molecule has 1 fully saturated rings. The van der Waals surface area contributed by atoms with E-state index in [1.54, 1.807) is 24.4 Å². The van der Waals surface area contributed by atoms with Crippen molar-refractivity contribution in [2.45, 2.75) is 38.9 Å². The molecule has 166 valence electrons. The first-order valence-electron chi connectivity index (χ1n) is 10.8. The molecule has 1 N–H and O–H groups in total. The Labute approximate surface area is 187 Å². The molecular formula is C25H26FN3O3. The molecule has 6 nitrogen and oxygen atoms in total. The number of amides is 2. The van der Waals surface area contributed by atoms with E-state index in [0.29, 0.717) is 37.1 Å². The van der Waals surface area contributed by atoms with Crippen molar-refractivity contribution in [2.75, 3.05) is 6.61 Å². The lowest BCUT2D eigenvalue weighted by Gasteiger charge is -2.23. The molecule has 0 bridgehead atoms. The molecule has 1 aliphatic rings. The number of benzene rings is 2. The van der Waals surface area contributed by atoms with Crippen LogP contribution in [0.15, 0.2) is 66.9 Å². The van der Waals surface area contributed by atoms with Gasteiger partial charge in [-0.05, 0) is 55.2 Å². The molecule has 2 amide bonds. The lowest BCUT2D eigenvalue weighted by molar-refractivity contribution is 0.191. The summed E-state index contributed by atoms with van der Waals surface area (Å²) in [5.41, 5.74) is 1.77. The zero-order chi connectivity index (χ0) is 22.3. The average Bonchev–Trinajstić information content (AvgIpc) is 3.65. The summed E-state index contributed by atoms with van der Waals surface area (Å²) in [4.78, 5) is 18.9. The van der Waals surface area contributed by atoms with E-state index in [1.165, 1.54) is 12.1 Å². The Balaban J connectivity index is 1.33. The first kappa shape index (κ1) is 21.6. The number of para-hydroxylation sites is 2. The second kappa shape index (κ2) is 10.1. The van der Waals surface area contributed by atoms with E-state index >= 15 is 0 Å². The van der Waals surface area contributed by atoms with Crippen molar-refractivity contribution in [3.63, 3.8) is 0 Å². The lowest BCUT2D eigenvalue weighted by Crippen LogP contribution is -2.40. The Morgan fingerprint density at radius 1 is 1.06 bits per heavy atom. The summed E-state index contributed by atoms with van der Waals surface area (Å²) < 4.78 is 24.6. The van der Waals surface area contributed by atoms with Crippen molar-refractivity contribution < 1.29 is 18.7 Å². The Morgan fingerprint density at radius 3 is 2.44 bits per heavy atom. The molecule has 0 unspecified atom stereocenters. The largest absolute Gasteiger partial charge is 0.490 e. The Bertz CT molecular complexity index is 1040. The highest BCUT2D eigenvalue weighted by molar-refractivity contribution is 5.75. The number of hydrogen-bond donors (Lipinski definition) is 1. The summed E-state index contributed by atoms with van der Waals surface area (Å²) in [6.07, 6.45) is 3.66. The van der Waals surface area contributed by atoms with E-state index in [1.807, 2.05) is 42.2 Å². The summed E-state index contributed by atoms with van der Waals surface area (Å²) in [6.45, 7) is 3.28. The van der Waals surface area contributed by atoms with Crippen LogP contribution in [0.2, 0.25) is 0 Å². The van der Waals surface area contributed by atoms with E-state index in [4.69, 9.17) is 9.47 Å². The molecule has 4 rings (SSSR count). The fourth-order valence-electron chi connectivity index (χ4n) is 3.32.